The van der Waals surface area contributed by atoms with Crippen molar-refractivity contribution >= 4 is 29.0 Å². The first-order chi connectivity index (χ1) is 15.0. The third-order valence-corrected chi connectivity index (χ3v) is 5.84. The van der Waals surface area contributed by atoms with Crippen LogP contribution in [-0.4, -0.2) is 61.8 Å². The molecule has 1 fully saturated rings. The molecular weight excluding hydrogens is 394 g/mol. The average molecular weight is 421 g/mol. The largest absolute Gasteiger partial charge is 0.482 e. The van der Waals surface area contributed by atoms with Crippen LogP contribution in [0.4, 0.5) is 11.4 Å². The minimum Gasteiger partial charge on any atom is -0.482 e. The van der Waals surface area contributed by atoms with E-state index in [2.05, 4.69) is 30.0 Å². The number of aryl methyl sites for hydroxylation is 1. The van der Waals surface area contributed by atoms with Gasteiger partial charge in [0.1, 0.15) is 12.3 Å². The molecule has 0 spiro atoms. The number of carbonyl (C=O) groups is 3. The molecule has 2 aromatic rings. The van der Waals surface area contributed by atoms with Gasteiger partial charge < -0.3 is 14.5 Å². The lowest BCUT2D eigenvalue weighted by Gasteiger charge is -2.37. The number of Topliss-reactive ketones (excluding diaryl/α,β-unsaturated/α-hetero) is 1. The highest BCUT2D eigenvalue weighted by molar-refractivity contribution is 6.04. The second-order valence-corrected chi connectivity index (χ2v) is 7.93. The topological polar surface area (TPSA) is 70.2 Å². The van der Waals surface area contributed by atoms with E-state index < -0.39 is 0 Å². The van der Waals surface area contributed by atoms with Gasteiger partial charge in [-0.2, -0.15) is 0 Å². The number of rotatable bonds is 5. The second kappa shape index (κ2) is 8.79. The molecule has 0 atom stereocenters. The number of amides is 2. The zero-order valence-electron chi connectivity index (χ0n) is 18.0. The van der Waals surface area contributed by atoms with E-state index in [0.29, 0.717) is 36.5 Å². The van der Waals surface area contributed by atoms with E-state index in [1.54, 1.807) is 30.0 Å². The molecule has 162 valence electrons. The first-order valence-corrected chi connectivity index (χ1v) is 10.7. The number of ether oxygens (including phenoxy) is 1. The predicted octanol–water partition coefficient (Wildman–Crippen LogP) is 2.66. The molecule has 2 aliphatic rings. The van der Waals surface area contributed by atoms with Crippen molar-refractivity contribution in [2.24, 2.45) is 0 Å². The van der Waals surface area contributed by atoms with Crippen LogP contribution in [0.25, 0.3) is 0 Å². The third kappa shape index (κ3) is 4.40. The van der Waals surface area contributed by atoms with Gasteiger partial charge in [0, 0.05) is 43.9 Å². The molecule has 0 radical (unpaired) electrons. The number of piperazine rings is 1. The summed E-state index contributed by atoms with van der Waals surface area (Å²) in [5.74, 6) is 0.126. The fraction of sp³-hybridized carbons (Fsp3) is 0.375. The highest BCUT2D eigenvalue weighted by Gasteiger charge is 2.30. The highest BCUT2D eigenvalue weighted by Crippen LogP contribution is 2.33. The Morgan fingerprint density at radius 2 is 1.81 bits per heavy atom. The average Bonchev–Trinajstić information content (AvgIpc) is 2.80. The van der Waals surface area contributed by atoms with E-state index in [9.17, 15) is 14.4 Å². The van der Waals surface area contributed by atoms with Crippen molar-refractivity contribution in [1.82, 2.24) is 4.90 Å². The minimum absolute atomic E-state index is 0.0145. The summed E-state index contributed by atoms with van der Waals surface area (Å²) in [6.45, 7) is 6.40. The molecular formula is C24H27N3O4. The lowest BCUT2D eigenvalue weighted by molar-refractivity contribution is -0.132. The highest BCUT2D eigenvalue weighted by atomic mass is 16.5. The lowest BCUT2D eigenvalue weighted by Crippen LogP contribution is -2.53. The van der Waals surface area contributed by atoms with Crippen molar-refractivity contribution in [3.8, 4) is 5.75 Å². The monoisotopic (exact) mass is 421 g/mol. The molecule has 0 aromatic heterocycles. The summed E-state index contributed by atoms with van der Waals surface area (Å²) in [6, 6.07) is 13.4. The van der Waals surface area contributed by atoms with Gasteiger partial charge in [0.05, 0.1) is 5.69 Å². The van der Waals surface area contributed by atoms with Crippen molar-refractivity contribution in [2.75, 3.05) is 49.1 Å². The standard InChI is InChI=1S/C24H27N3O4/c1-3-21(28)18-7-8-22-20(14-18)27(24(30)16-31-22)15-23(29)26-11-9-25(10-12-26)19-6-4-5-17(2)13-19/h4-8,13-14H,3,9-12,15-16H2,1-2H3. The Labute approximate surface area is 182 Å². The van der Waals surface area contributed by atoms with Gasteiger partial charge in [-0.3, -0.25) is 19.3 Å². The molecule has 0 bridgehead atoms. The zero-order valence-corrected chi connectivity index (χ0v) is 18.0. The Morgan fingerprint density at radius 3 is 2.52 bits per heavy atom. The maximum absolute atomic E-state index is 13.0. The summed E-state index contributed by atoms with van der Waals surface area (Å²) in [5.41, 5.74) is 3.38. The van der Waals surface area contributed by atoms with Crippen molar-refractivity contribution in [1.29, 1.82) is 0 Å². The van der Waals surface area contributed by atoms with Crippen molar-refractivity contribution in [3.63, 3.8) is 0 Å². The van der Waals surface area contributed by atoms with Gasteiger partial charge in [-0.25, -0.2) is 0 Å². The van der Waals surface area contributed by atoms with E-state index >= 15 is 0 Å². The first-order valence-electron chi connectivity index (χ1n) is 10.7. The Hall–Kier alpha value is -3.35. The van der Waals surface area contributed by atoms with Crippen molar-refractivity contribution < 1.29 is 19.1 Å². The number of nitrogens with zero attached hydrogens (tertiary/aromatic N) is 3. The molecule has 2 aliphatic heterocycles. The number of hydrogen-bond acceptors (Lipinski definition) is 5. The molecule has 0 N–H and O–H groups in total. The van der Waals surface area contributed by atoms with E-state index in [-0.39, 0.29) is 30.7 Å². The van der Waals surface area contributed by atoms with Crippen LogP contribution in [0.1, 0.15) is 29.3 Å². The third-order valence-electron chi connectivity index (χ3n) is 5.84. The van der Waals surface area contributed by atoms with Crippen LogP contribution in [0.15, 0.2) is 42.5 Å². The van der Waals surface area contributed by atoms with Crippen LogP contribution < -0.4 is 14.5 Å². The predicted molar refractivity (Wildman–Crippen MR) is 119 cm³/mol. The first kappa shape index (κ1) is 20.9. The molecule has 4 rings (SSSR count). The maximum Gasteiger partial charge on any atom is 0.265 e. The Kier molecular flexibility index (Phi) is 5.93. The van der Waals surface area contributed by atoms with Crippen LogP contribution in [-0.2, 0) is 9.59 Å². The van der Waals surface area contributed by atoms with Crippen LogP contribution >= 0.6 is 0 Å². The van der Waals surface area contributed by atoms with E-state index in [1.807, 2.05) is 6.07 Å². The summed E-state index contributed by atoms with van der Waals surface area (Å²) < 4.78 is 5.50. The molecule has 31 heavy (non-hydrogen) atoms. The molecule has 2 aromatic carbocycles. The Balaban J connectivity index is 1.44. The molecule has 7 nitrogen and oxygen atoms in total. The minimum atomic E-state index is -0.277. The number of benzene rings is 2. The van der Waals surface area contributed by atoms with Gasteiger partial charge >= 0.3 is 0 Å². The number of carbonyl (C=O) groups excluding carboxylic acids is 3. The number of hydrogen-bond donors (Lipinski definition) is 0. The molecule has 0 unspecified atom stereocenters. The Morgan fingerprint density at radius 1 is 1.03 bits per heavy atom. The van der Waals surface area contributed by atoms with Gasteiger partial charge in [-0.1, -0.05) is 19.1 Å². The van der Waals surface area contributed by atoms with Gasteiger partial charge in [0.15, 0.2) is 12.4 Å². The summed E-state index contributed by atoms with van der Waals surface area (Å²) in [7, 11) is 0. The molecule has 2 heterocycles. The molecule has 1 saturated heterocycles. The smallest absolute Gasteiger partial charge is 0.265 e. The quantitative estimate of drug-likeness (QED) is 0.695. The van der Waals surface area contributed by atoms with Crippen LogP contribution in [0.3, 0.4) is 0 Å². The van der Waals surface area contributed by atoms with Gasteiger partial charge in [0.2, 0.25) is 5.91 Å². The number of ketones is 1. The molecule has 7 heteroatoms. The zero-order chi connectivity index (χ0) is 22.0. The van der Waals surface area contributed by atoms with Crippen LogP contribution in [0.2, 0.25) is 0 Å². The normalized spacial score (nSPS) is 16.1. The summed E-state index contributed by atoms with van der Waals surface area (Å²) in [5, 5.41) is 0. The molecule has 2 amide bonds. The molecule has 0 saturated carbocycles. The molecule has 0 aliphatic carbocycles. The van der Waals surface area contributed by atoms with Gasteiger partial charge in [-0.05, 0) is 42.8 Å². The number of fused-ring (bicyclic) bond motifs is 1. The lowest BCUT2D eigenvalue weighted by atomic mass is 10.1. The van der Waals surface area contributed by atoms with Crippen LogP contribution in [0.5, 0.6) is 5.75 Å². The SMILES string of the molecule is CCC(=O)c1ccc2c(c1)N(CC(=O)N1CCN(c3cccc(C)c3)CC1)C(=O)CO2. The second-order valence-electron chi connectivity index (χ2n) is 7.93. The van der Waals surface area contributed by atoms with E-state index in [1.165, 1.54) is 10.5 Å². The van der Waals surface area contributed by atoms with Gasteiger partial charge in [0.25, 0.3) is 5.91 Å². The van der Waals surface area contributed by atoms with Gasteiger partial charge in [-0.15, -0.1) is 0 Å². The van der Waals surface area contributed by atoms with E-state index in [0.717, 1.165) is 18.8 Å². The van der Waals surface area contributed by atoms with E-state index in [4.69, 9.17) is 4.74 Å². The summed E-state index contributed by atoms with van der Waals surface area (Å²) in [6.07, 6.45) is 0.373. The maximum atomic E-state index is 13.0. The number of anilines is 2. The summed E-state index contributed by atoms with van der Waals surface area (Å²) in [4.78, 5) is 43.2. The van der Waals surface area contributed by atoms with Crippen molar-refractivity contribution in [2.45, 2.75) is 20.3 Å². The van der Waals surface area contributed by atoms with Crippen LogP contribution in [0, 0.1) is 6.92 Å². The summed E-state index contributed by atoms with van der Waals surface area (Å²) >= 11 is 0. The fourth-order valence-electron chi connectivity index (χ4n) is 4.03. The fourth-order valence-corrected chi connectivity index (χ4v) is 4.03. The van der Waals surface area contributed by atoms with Crippen molar-refractivity contribution in [3.05, 3.63) is 53.6 Å². The Bertz CT molecular complexity index is 1010.